The first kappa shape index (κ1) is 27.4. The number of anilines is 2. The SMILES string of the molecule is CNc1cc(F)c(F)c2c1[nH]c1ncc(-c3cnc4c(c3)c(=O)c(C(=O)O)cn4NC)c(N3CC(N(C)C)[C@H](O)C3)c12. The molecule has 1 saturated heterocycles. The Labute approximate surface area is 237 Å². The Morgan fingerprint density at radius 2 is 1.90 bits per heavy atom. The van der Waals surface area contributed by atoms with E-state index >= 15 is 4.39 Å². The molecule has 1 fully saturated rings. The average molecular weight is 579 g/mol. The Hall–Kier alpha value is -4.82. The quantitative estimate of drug-likeness (QED) is 0.203. The van der Waals surface area contributed by atoms with Gasteiger partial charge in [-0.05, 0) is 20.2 Å². The molecule has 14 heteroatoms. The first-order valence-electron chi connectivity index (χ1n) is 13.1. The van der Waals surface area contributed by atoms with Crippen LogP contribution in [-0.2, 0) is 0 Å². The second-order valence-corrected chi connectivity index (χ2v) is 10.5. The molecule has 5 N–H and O–H groups in total. The van der Waals surface area contributed by atoms with E-state index in [0.29, 0.717) is 45.6 Å². The third-order valence-corrected chi connectivity index (χ3v) is 7.90. The molecular formula is C28H28F2N8O4. The van der Waals surface area contributed by atoms with Crippen molar-refractivity contribution >= 4 is 50.3 Å². The second kappa shape index (κ2) is 9.92. The van der Waals surface area contributed by atoms with Crippen LogP contribution in [0.5, 0.6) is 0 Å². The number of H-pyrrole nitrogens is 1. The van der Waals surface area contributed by atoms with Crippen molar-refractivity contribution in [2.24, 2.45) is 0 Å². The van der Waals surface area contributed by atoms with E-state index in [2.05, 4.69) is 25.7 Å². The number of β-amino-alcohol motifs (C(OH)–C–C–N with tert-alkyl or cyclic N) is 1. The molecular weight excluding hydrogens is 550 g/mol. The largest absolute Gasteiger partial charge is 0.477 e. The van der Waals surface area contributed by atoms with Gasteiger partial charge in [0, 0.05) is 63.0 Å². The molecule has 1 aromatic carbocycles. The molecule has 12 nitrogen and oxygen atoms in total. The standard InChI is InChI=1S/C28H28F2N8O4/c1-31-17-6-16(29)22(30)20-21-24(37-10-18(36(3)4)19(39)11-37)14(8-33-26(21)35-23(17)20)12-5-13-25(40)15(28(41)42)9-38(32-2)27(13)34-7-12/h5-9,18-19,31-32,39H,10-11H2,1-4H3,(H,33,35)(H,41,42)/t18?,19-/m1/s1. The number of nitrogens with one attached hydrogen (secondary N) is 3. The summed E-state index contributed by atoms with van der Waals surface area (Å²) < 4.78 is 31.8. The number of aromatic amines is 1. The number of aromatic carboxylic acids is 1. The number of nitrogens with zero attached hydrogens (tertiary/aromatic N) is 5. The summed E-state index contributed by atoms with van der Waals surface area (Å²) >= 11 is 0. The number of halogens is 2. The Morgan fingerprint density at radius 3 is 2.55 bits per heavy atom. The Kier molecular flexibility index (Phi) is 6.46. The summed E-state index contributed by atoms with van der Waals surface area (Å²) in [6, 6.07) is 2.32. The molecule has 6 rings (SSSR count). The molecule has 1 unspecified atom stereocenters. The molecule has 0 amide bonds. The first-order chi connectivity index (χ1) is 20.0. The summed E-state index contributed by atoms with van der Waals surface area (Å²) in [5, 5.41) is 23.7. The van der Waals surface area contributed by atoms with Crippen LogP contribution in [0.1, 0.15) is 10.4 Å². The number of aromatic nitrogens is 4. The minimum atomic E-state index is -1.39. The highest BCUT2D eigenvalue weighted by atomic mass is 19.2. The van der Waals surface area contributed by atoms with E-state index in [1.54, 1.807) is 14.1 Å². The van der Waals surface area contributed by atoms with Crippen LogP contribution in [0.25, 0.3) is 44.1 Å². The molecule has 5 aromatic rings. The lowest BCUT2D eigenvalue weighted by Gasteiger charge is -2.25. The van der Waals surface area contributed by atoms with Gasteiger partial charge in [0.15, 0.2) is 17.3 Å². The number of carboxylic acid groups (broad SMARTS) is 1. The van der Waals surface area contributed by atoms with Crippen LogP contribution < -0.4 is 21.1 Å². The molecule has 4 aromatic heterocycles. The van der Waals surface area contributed by atoms with Gasteiger partial charge in [-0.3, -0.25) is 4.79 Å². The van der Waals surface area contributed by atoms with Crippen molar-refractivity contribution in [3.63, 3.8) is 0 Å². The monoisotopic (exact) mass is 578 g/mol. The Morgan fingerprint density at radius 1 is 1.14 bits per heavy atom. The van der Waals surface area contributed by atoms with Gasteiger partial charge in [0.25, 0.3) is 0 Å². The third-order valence-electron chi connectivity index (χ3n) is 7.90. The van der Waals surface area contributed by atoms with Crippen LogP contribution in [0.3, 0.4) is 0 Å². The molecule has 42 heavy (non-hydrogen) atoms. The van der Waals surface area contributed by atoms with Gasteiger partial charge in [-0.1, -0.05) is 0 Å². The number of pyridine rings is 3. The van der Waals surface area contributed by atoms with Crippen molar-refractivity contribution in [3.8, 4) is 11.1 Å². The molecule has 0 spiro atoms. The van der Waals surface area contributed by atoms with Gasteiger partial charge in [-0.2, -0.15) is 0 Å². The zero-order valence-electron chi connectivity index (χ0n) is 23.2. The van der Waals surface area contributed by atoms with Crippen LogP contribution in [0, 0.1) is 11.6 Å². The van der Waals surface area contributed by atoms with Crippen LogP contribution in [-0.4, -0.2) is 94.1 Å². The minimum Gasteiger partial charge on any atom is -0.477 e. The first-order valence-corrected chi connectivity index (χ1v) is 13.1. The molecule has 5 heterocycles. The molecule has 0 saturated carbocycles. The topological polar surface area (TPSA) is 152 Å². The van der Waals surface area contributed by atoms with E-state index in [-0.39, 0.29) is 29.0 Å². The van der Waals surface area contributed by atoms with Crippen LogP contribution in [0.4, 0.5) is 20.2 Å². The Balaban J connectivity index is 1.71. The van der Waals surface area contributed by atoms with Gasteiger partial charge in [0.1, 0.15) is 11.2 Å². The van der Waals surface area contributed by atoms with Crippen LogP contribution >= 0.6 is 0 Å². The summed E-state index contributed by atoms with van der Waals surface area (Å²) in [4.78, 5) is 40.9. The predicted octanol–water partition coefficient (Wildman–Crippen LogP) is 2.40. The predicted molar refractivity (Wildman–Crippen MR) is 156 cm³/mol. The summed E-state index contributed by atoms with van der Waals surface area (Å²) in [6.45, 7) is 0.549. The number of rotatable bonds is 6. The van der Waals surface area contributed by atoms with Crippen molar-refractivity contribution in [2.75, 3.05) is 56.9 Å². The number of hydrogen-bond acceptors (Lipinski definition) is 9. The number of benzene rings is 1. The van der Waals surface area contributed by atoms with Crippen molar-refractivity contribution in [1.29, 1.82) is 0 Å². The summed E-state index contributed by atoms with van der Waals surface area (Å²) in [5.74, 6) is -3.49. The highest BCUT2D eigenvalue weighted by Crippen LogP contribution is 2.44. The van der Waals surface area contributed by atoms with Gasteiger partial charge in [0.05, 0.1) is 45.2 Å². The number of aliphatic hydroxyl groups is 1. The molecule has 0 bridgehead atoms. The zero-order valence-corrected chi connectivity index (χ0v) is 23.2. The number of hydrogen-bond donors (Lipinski definition) is 5. The molecule has 1 aliphatic rings. The molecule has 0 radical (unpaired) electrons. The van der Waals surface area contributed by atoms with Crippen LogP contribution in [0.2, 0.25) is 0 Å². The van der Waals surface area contributed by atoms with E-state index < -0.39 is 34.7 Å². The van der Waals surface area contributed by atoms with E-state index in [1.165, 1.54) is 23.1 Å². The number of carbonyl (C=O) groups is 1. The van der Waals surface area contributed by atoms with Crippen LogP contribution in [0.15, 0.2) is 35.5 Å². The number of likely N-dealkylation sites (N-methyl/N-ethyl adjacent to an activating group) is 1. The lowest BCUT2D eigenvalue weighted by Crippen LogP contribution is -2.38. The van der Waals surface area contributed by atoms with Gasteiger partial charge in [-0.25, -0.2) is 28.2 Å². The summed E-state index contributed by atoms with van der Waals surface area (Å²) in [6.07, 6.45) is 3.46. The zero-order chi connectivity index (χ0) is 30.0. The normalized spacial score (nSPS) is 17.2. The lowest BCUT2D eigenvalue weighted by molar-refractivity contribution is 0.0695. The van der Waals surface area contributed by atoms with E-state index in [0.717, 1.165) is 12.3 Å². The van der Waals surface area contributed by atoms with E-state index in [4.69, 9.17) is 0 Å². The third kappa shape index (κ3) is 4.01. The Bertz CT molecular complexity index is 1970. The van der Waals surface area contributed by atoms with Gasteiger partial charge in [0.2, 0.25) is 5.43 Å². The van der Waals surface area contributed by atoms with Crippen molar-refractivity contribution in [1.82, 2.24) is 24.5 Å². The van der Waals surface area contributed by atoms with Gasteiger partial charge in [-0.15, -0.1) is 0 Å². The maximum Gasteiger partial charge on any atom is 0.341 e. The van der Waals surface area contributed by atoms with E-state index in [1.807, 2.05) is 23.9 Å². The smallest absolute Gasteiger partial charge is 0.341 e. The van der Waals surface area contributed by atoms with E-state index in [9.17, 15) is 24.2 Å². The van der Waals surface area contributed by atoms with Crippen molar-refractivity contribution in [2.45, 2.75) is 12.1 Å². The number of aliphatic hydroxyl groups excluding tert-OH is 1. The maximum atomic E-state index is 15.6. The average Bonchev–Trinajstić information content (AvgIpc) is 3.55. The van der Waals surface area contributed by atoms with Gasteiger partial charge >= 0.3 is 5.97 Å². The minimum absolute atomic E-state index is 0.0130. The van der Waals surface area contributed by atoms with Crippen molar-refractivity contribution < 1.29 is 23.8 Å². The number of carboxylic acids is 1. The molecule has 2 atom stereocenters. The maximum absolute atomic E-state index is 15.6. The lowest BCUT2D eigenvalue weighted by atomic mass is 10.0. The summed E-state index contributed by atoms with van der Waals surface area (Å²) in [7, 11) is 6.85. The van der Waals surface area contributed by atoms with Crippen molar-refractivity contribution in [3.05, 3.63) is 58.1 Å². The highest BCUT2D eigenvalue weighted by molar-refractivity contribution is 6.18. The number of fused-ring (bicyclic) bond motifs is 4. The van der Waals surface area contributed by atoms with Gasteiger partial charge < -0.3 is 35.7 Å². The second-order valence-electron chi connectivity index (χ2n) is 10.5. The molecule has 0 aliphatic carbocycles. The fraction of sp³-hybridized carbons (Fsp3) is 0.286. The summed E-state index contributed by atoms with van der Waals surface area (Å²) in [5.41, 5.74) is 4.09. The fourth-order valence-electron chi connectivity index (χ4n) is 5.82. The fourth-order valence-corrected chi connectivity index (χ4v) is 5.82. The molecule has 218 valence electrons. The molecule has 1 aliphatic heterocycles. The highest BCUT2D eigenvalue weighted by Gasteiger charge is 2.36.